The van der Waals surface area contributed by atoms with Gasteiger partial charge in [0.15, 0.2) is 5.82 Å². The zero-order valence-corrected chi connectivity index (χ0v) is 17.2. The topological polar surface area (TPSA) is 75.4 Å². The lowest BCUT2D eigenvalue weighted by Crippen LogP contribution is -2.40. The summed E-state index contributed by atoms with van der Waals surface area (Å²) in [4.78, 5) is 23.8. The Labute approximate surface area is 180 Å². The SMILES string of the molecule is O=C(NCc1ccccn1)C1CCN(c2nccn3nc(-c4ccccc4)cc23)CC1. The molecule has 0 spiro atoms. The van der Waals surface area contributed by atoms with Gasteiger partial charge >= 0.3 is 0 Å². The number of aromatic nitrogens is 4. The van der Waals surface area contributed by atoms with E-state index in [1.165, 1.54) is 0 Å². The molecule has 1 aliphatic rings. The molecule has 4 heterocycles. The van der Waals surface area contributed by atoms with E-state index in [9.17, 15) is 4.79 Å². The van der Waals surface area contributed by atoms with E-state index in [-0.39, 0.29) is 11.8 Å². The van der Waals surface area contributed by atoms with E-state index in [1.54, 1.807) is 12.4 Å². The number of pyridine rings is 1. The number of nitrogens with one attached hydrogen (secondary N) is 1. The fraction of sp³-hybridized carbons (Fsp3) is 0.250. The van der Waals surface area contributed by atoms with Crippen LogP contribution in [0.25, 0.3) is 16.8 Å². The van der Waals surface area contributed by atoms with Crippen LogP contribution in [0.15, 0.2) is 73.2 Å². The third kappa shape index (κ3) is 4.12. The average molecular weight is 412 g/mol. The van der Waals surface area contributed by atoms with Crippen LogP contribution in [0.1, 0.15) is 18.5 Å². The molecule has 31 heavy (non-hydrogen) atoms. The molecule has 3 aromatic heterocycles. The third-order valence-electron chi connectivity index (χ3n) is 5.77. The molecule has 1 fully saturated rings. The maximum Gasteiger partial charge on any atom is 0.223 e. The second kappa shape index (κ2) is 8.55. The van der Waals surface area contributed by atoms with E-state index in [4.69, 9.17) is 5.10 Å². The highest BCUT2D eigenvalue weighted by atomic mass is 16.1. The van der Waals surface area contributed by atoms with Gasteiger partial charge in [-0.25, -0.2) is 9.50 Å². The fourth-order valence-electron chi connectivity index (χ4n) is 4.08. The zero-order chi connectivity index (χ0) is 21.0. The number of fused-ring (bicyclic) bond motifs is 1. The highest BCUT2D eigenvalue weighted by Crippen LogP contribution is 2.28. The molecule has 0 atom stereocenters. The van der Waals surface area contributed by atoms with Gasteiger partial charge in [-0.1, -0.05) is 36.4 Å². The molecule has 1 amide bonds. The number of nitrogens with zero attached hydrogens (tertiary/aromatic N) is 5. The summed E-state index contributed by atoms with van der Waals surface area (Å²) >= 11 is 0. The maximum atomic E-state index is 12.6. The summed E-state index contributed by atoms with van der Waals surface area (Å²) in [6.07, 6.45) is 7.01. The summed E-state index contributed by atoms with van der Waals surface area (Å²) in [5, 5.41) is 7.74. The maximum absolute atomic E-state index is 12.6. The number of hydrogen-bond donors (Lipinski definition) is 1. The third-order valence-corrected chi connectivity index (χ3v) is 5.77. The minimum atomic E-state index is 0.0180. The Morgan fingerprint density at radius 2 is 1.81 bits per heavy atom. The molecule has 7 heteroatoms. The highest BCUT2D eigenvalue weighted by Gasteiger charge is 2.26. The van der Waals surface area contributed by atoms with Crippen molar-refractivity contribution in [3.63, 3.8) is 0 Å². The van der Waals surface area contributed by atoms with Crippen molar-refractivity contribution in [2.75, 3.05) is 18.0 Å². The number of piperidine rings is 1. The Hall–Kier alpha value is -3.74. The van der Waals surface area contributed by atoms with Crippen LogP contribution in [0.5, 0.6) is 0 Å². The molecule has 0 radical (unpaired) electrons. The van der Waals surface area contributed by atoms with Crippen LogP contribution in [0.3, 0.4) is 0 Å². The molecule has 1 aromatic carbocycles. The zero-order valence-electron chi connectivity index (χ0n) is 17.2. The van der Waals surface area contributed by atoms with Crippen molar-refractivity contribution in [2.24, 2.45) is 5.92 Å². The summed E-state index contributed by atoms with van der Waals surface area (Å²) in [6.45, 7) is 2.05. The first-order valence-electron chi connectivity index (χ1n) is 10.6. The fourth-order valence-corrected chi connectivity index (χ4v) is 4.08. The van der Waals surface area contributed by atoms with Gasteiger partial charge < -0.3 is 10.2 Å². The predicted octanol–water partition coefficient (Wildman–Crippen LogP) is 3.32. The van der Waals surface area contributed by atoms with Gasteiger partial charge in [-0.2, -0.15) is 5.10 Å². The van der Waals surface area contributed by atoms with E-state index in [2.05, 4.69) is 38.4 Å². The van der Waals surface area contributed by atoms with Crippen molar-refractivity contribution in [3.05, 3.63) is 78.9 Å². The van der Waals surface area contributed by atoms with E-state index in [1.807, 2.05) is 47.1 Å². The van der Waals surface area contributed by atoms with E-state index in [0.717, 1.165) is 54.2 Å². The Morgan fingerprint density at radius 3 is 2.58 bits per heavy atom. The summed E-state index contributed by atoms with van der Waals surface area (Å²) in [6, 6.07) is 18.0. The van der Waals surface area contributed by atoms with Gasteiger partial charge in [-0.15, -0.1) is 0 Å². The van der Waals surface area contributed by atoms with E-state index in [0.29, 0.717) is 6.54 Å². The lowest BCUT2D eigenvalue weighted by molar-refractivity contribution is -0.125. The molecule has 0 aliphatic carbocycles. The molecule has 0 unspecified atom stereocenters. The average Bonchev–Trinajstić information content (AvgIpc) is 3.28. The summed E-state index contributed by atoms with van der Waals surface area (Å²) in [5.74, 6) is 1.04. The van der Waals surface area contributed by atoms with Crippen molar-refractivity contribution in [1.29, 1.82) is 0 Å². The predicted molar refractivity (Wildman–Crippen MR) is 119 cm³/mol. The minimum absolute atomic E-state index is 0.0180. The quantitative estimate of drug-likeness (QED) is 0.544. The molecule has 156 valence electrons. The largest absolute Gasteiger partial charge is 0.355 e. The van der Waals surface area contributed by atoms with Crippen LogP contribution in [0, 0.1) is 5.92 Å². The van der Waals surface area contributed by atoms with Crippen LogP contribution in [0.4, 0.5) is 5.82 Å². The van der Waals surface area contributed by atoms with Crippen LogP contribution in [-0.2, 0) is 11.3 Å². The molecule has 4 aromatic rings. The van der Waals surface area contributed by atoms with Gasteiger partial charge in [-0.3, -0.25) is 9.78 Å². The number of rotatable bonds is 5. The van der Waals surface area contributed by atoms with E-state index >= 15 is 0 Å². The molecule has 1 saturated heterocycles. The summed E-state index contributed by atoms with van der Waals surface area (Å²) in [5.41, 5.74) is 3.87. The van der Waals surface area contributed by atoms with Crippen molar-refractivity contribution in [1.82, 2.24) is 24.9 Å². The Balaban J connectivity index is 1.26. The van der Waals surface area contributed by atoms with Crippen LogP contribution < -0.4 is 10.2 Å². The first-order chi connectivity index (χ1) is 15.3. The summed E-state index contributed by atoms with van der Waals surface area (Å²) in [7, 11) is 0. The molecule has 0 bridgehead atoms. The summed E-state index contributed by atoms with van der Waals surface area (Å²) < 4.78 is 1.89. The normalized spacial score (nSPS) is 14.6. The minimum Gasteiger partial charge on any atom is -0.355 e. The smallest absolute Gasteiger partial charge is 0.223 e. The number of amides is 1. The van der Waals surface area contributed by atoms with Crippen LogP contribution in [-0.4, -0.2) is 38.6 Å². The number of carbonyl (C=O) groups excluding carboxylic acids is 1. The lowest BCUT2D eigenvalue weighted by Gasteiger charge is -2.32. The van der Waals surface area contributed by atoms with Crippen LogP contribution in [0.2, 0.25) is 0 Å². The number of hydrogen-bond acceptors (Lipinski definition) is 5. The molecule has 0 saturated carbocycles. The standard InChI is InChI=1S/C24H24N6O/c31-24(27-17-20-8-4-5-11-25-20)19-9-13-29(14-10-19)23-22-16-21(18-6-2-1-3-7-18)28-30(22)15-12-26-23/h1-8,11-12,15-16,19H,9-10,13-14,17H2,(H,27,31). The first-order valence-corrected chi connectivity index (χ1v) is 10.6. The monoisotopic (exact) mass is 412 g/mol. The lowest BCUT2D eigenvalue weighted by atomic mass is 9.96. The second-order valence-corrected chi connectivity index (χ2v) is 7.78. The molecule has 1 aliphatic heterocycles. The first kappa shape index (κ1) is 19.2. The highest BCUT2D eigenvalue weighted by molar-refractivity contribution is 5.79. The van der Waals surface area contributed by atoms with Gasteiger partial charge in [0, 0.05) is 43.2 Å². The molecule has 1 N–H and O–H groups in total. The van der Waals surface area contributed by atoms with Crippen molar-refractivity contribution in [3.8, 4) is 11.3 Å². The molecular weight excluding hydrogens is 388 g/mol. The number of anilines is 1. The molecular formula is C24H24N6O. The van der Waals surface area contributed by atoms with Crippen molar-refractivity contribution < 1.29 is 4.79 Å². The molecule has 7 nitrogen and oxygen atoms in total. The van der Waals surface area contributed by atoms with E-state index < -0.39 is 0 Å². The van der Waals surface area contributed by atoms with Crippen molar-refractivity contribution >= 4 is 17.2 Å². The Bertz CT molecular complexity index is 1170. The van der Waals surface area contributed by atoms with Crippen LogP contribution >= 0.6 is 0 Å². The Kier molecular flexibility index (Phi) is 5.31. The van der Waals surface area contributed by atoms with Gasteiger partial charge in [0.1, 0.15) is 5.52 Å². The second-order valence-electron chi connectivity index (χ2n) is 7.78. The van der Waals surface area contributed by atoms with Gasteiger partial charge in [0.25, 0.3) is 0 Å². The van der Waals surface area contributed by atoms with Crippen molar-refractivity contribution in [2.45, 2.75) is 19.4 Å². The molecule has 5 rings (SSSR count). The van der Waals surface area contributed by atoms with Gasteiger partial charge in [0.05, 0.1) is 17.9 Å². The van der Waals surface area contributed by atoms with Gasteiger partial charge in [0.2, 0.25) is 5.91 Å². The number of benzene rings is 1. The number of carbonyl (C=O) groups is 1. The Morgan fingerprint density at radius 1 is 1.00 bits per heavy atom. The van der Waals surface area contributed by atoms with Gasteiger partial charge in [-0.05, 0) is 31.0 Å².